The standard InChI is InChI=1S/C28H27Cl2NO8/c1-35-18-7-5-15(22(12-18)36-2)14-31-21-8-6-16(29)9-19(21)26(39-24(28(31)34)13-25(32)33)20-10-17(30)11-23(37-3)27(20)38-4/h5-12,24,26H,13-14H2,1-4H3,(H,32,33)/t24-,26+/m1/s1. The highest BCUT2D eigenvalue weighted by atomic mass is 35.5. The molecule has 0 aromatic heterocycles. The fraction of sp³-hybridized carbons (Fsp3) is 0.286. The van der Waals surface area contributed by atoms with E-state index in [0.717, 1.165) is 0 Å². The zero-order valence-electron chi connectivity index (χ0n) is 21.7. The third-order valence-corrected chi connectivity index (χ3v) is 6.80. The van der Waals surface area contributed by atoms with E-state index in [4.69, 9.17) is 46.9 Å². The number of fused-ring (bicyclic) bond motifs is 1. The van der Waals surface area contributed by atoms with Crippen molar-refractivity contribution >= 4 is 40.8 Å². The van der Waals surface area contributed by atoms with E-state index in [1.807, 2.05) is 0 Å². The second-order valence-electron chi connectivity index (χ2n) is 8.64. The molecule has 0 spiro atoms. The quantitative estimate of drug-likeness (QED) is 0.355. The number of hydrogen-bond donors (Lipinski definition) is 1. The summed E-state index contributed by atoms with van der Waals surface area (Å²) in [5.41, 5.74) is 2.10. The van der Waals surface area contributed by atoms with Gasteiger partial charge < -0.3 is 33.7 Å². The SMILES string of the molecule is COc1ccc(CN2C(=O)[C@@H](CC(=O)O)O[C@H](c3cc(Cl)cc(OC)c3OC)c3cc(Cl)ccc32)c(OC)c1. The first-order valence-corrected chi connectivity index (χ1v) is 12.6. The maximum absolute atomic E-state index is 13.9. The zero-order valence-corrected chi connectivity index (χ0v) is 23.2. The lowest BCUT2D eigenvalue weighted by Crippen LogP contribution is -2.40. The summed E-state index contributed by atoms with van der Waals surface area (Å²) < 4.78 is 28.2. The normalized spacial score (nSPS) is 16.8. The molecule has 1 N–H and O–H groups in total. The van der Waals surface area contributed by atoms with Crippen molar-refractivity contribution in [2.24, 2.45) is 0 Å². The van der Waals surface area contributed by atoms with Gasteiger partial charge in [0, 0.05) is 38.9 Å². The number of ether oxygens (including phenoxy) is 5. The van der Waals surface area contributed by atoms with Crippen LogP contribution in [-0.2, 0) is 20.9 Å². The molecule has 0 bridgehead atoms. The van der Waals surface area contributed by atoms with Crippen molar-refractivity contribution in [1.82, 2.24) is 0 Å². The monoisotopic (exact) mass is 575 g/mol. The molecule has 2 atom stereocenters. The second-order valence-corrected chi connectivity index (χ2v) is 9.51. The Morgan fingerprint density at radius 2 is 1.62 bits per heavy atom. The number of benzene rings is 3. The molecule has 206 valence electrons. The minimum Gasteiger partial charge on any atom is -0.497 e. The highest BCUT2D eigenvalue weighted by Gasteiger charge is 2.39. The van der Waals surface area contributed by atoms with Gasteiger partial charge in [0.2, 0.25) is 0 Å². The Balaban J connectivity index is 1.94. The molecule has 0 saturated heterocycles. The summed E-state index contributed by atoms with van der Waals surface area (Å²) >= 11 is 12.8. The van der Waals surface area contributed by atoms with Crippen LogP contribution >= 0.6 is 23.2 Å². The number of nitrogens with zero attached hydrogens (tertiary/aromatic N) is 1. The van der Waals surface area contributed by atoms with E-state index in [-0.39, 0.29) is 6.54 Å². The van der Waals surface area contributed by atoms with Gasteiger partial charge in [-0.15, -0.1) is 0 Å². The number of carboxylic acids is 1. The van der Waals surface area contributed by atoms with E-state index in [0.29, 0.717) is 55.4 Å². The summed E-state index contributed by atoms with van der Waals surface area (Å²) in [5, 5.41) is 10.4. The average Bonchev–Trinajstić information content (AvgIpc) is 3.02. The van der Waals surface area contributed by atoms with Crippen LogP contribution in [0.3, 0.4) is 0 Å². The fourth-order valence-corrected chi connectivity index (χ4v) is 4.97. The van der Waals surface area contributed by atoms with Gasteiger partial charge in [-0.25, -0.2) is 0 Å². The van der Waals surface area contributed by atoms with Crippen LogP contribution in [0.2, 0.25) is 10.0 Å². The average molecular weight is 576 g/mol. The van der Waals surface area contributed by atoms with Crippen LogP contribution in [0.15, 0.2) is 48.5 Å². The van der Waals surface area contributed by atoms with E-state index in [2.05, 4.69) is 0 Å². The minimum absolute atomic E-state index is 0.0584. The van der Waals surface area contributed by atoms with Gasteiger partial charge in [-0.2, -0.15) is 0 Å². The summed E-state index contributed by atoms with van der Waals surface area (Å²) in [6.45, 7) is 0.0584. The molecule has 0 saturated carbocycles. The van der Waals surface area contributed by atoms with Crippen molar-refractivity contribution in [3.63, 3.8) is 0 Å². The molecule has 1 amide bonds. The molecule has 0 radical (unpaired) electrons. The maximum atomic E-state index is 13.9. The van der Waals surface area contributed by atoms with Gasteiger partial charge in [-0.3, -0.25) is 9.59 Å². The molecule has 0 aliphatic carbocycles. The maximum Gasteiger partial charge on any atom is 0.306 e. The summed E-state index contributed by atoms with van der Waals surface area (Å²) in [6, 6.07) is 13.5. The lowest BCUT2D eigenvalue weighted by atomic mass is 9.97. The van der Waals surface area contributed by atoms with Crippen LogP contribution in [0.5, 0.6) is 23.0 Å². The zero-order chi connectivity index (χ0) is 28.3. The van der Waals surface area contributed by atoms with Gasteiger partial charge >= 0.3 is 5.97 Å². The molecule has 1 heterocycles. The van der Waals surface area contributed by atoms with Crippen LogP contribution in [0.1, 0.15) is 29.2 Å². The Morgan fingerprint density at radius 1 is 0.897 bits per heavy atom. The van der Waals surface area contributed by atoms with Gasteiger partial charge in [0.05, 0.1) is 47.1 Å². The lowest BCUT2D eigenvalue weighted by molar-refractivity contribution is -0.147. The topological polar surface area (TPSA) is 104 Å². The fourth-order valence-electron chi connectivity index (χ4n) is 4.57. The summed E-state index contributed by atoms with van der Waals surface area (Å²) in [7, 11) is 5.99. The summed E-state index contributed by atoms with van der Waals surface area (Å²) in [5.74, 6) is -0.000436. The van der Waals surface area contributed by atoms with Crippen LogP contribution < -0.4 is 23.8 Å². The van der Waals surface area contributed by atoms with Crippen molar-refractivity contribution in [3.8, 4) is 23.0 Å². The number of carbonyl (C=O) groups is 2. The molecular weight excluding hydrogens is 549 g/mol. The van der Waals surface area contributed by atoms with Crippen LogP contribution in [0, 0.1) is 0 Å². The molecule has 0 fully saturated rings. The van der Waals surface area contributed by atoms with Gasteiger partial charge in [-0.05, 0) is 36.4 Å². The van der Waals surface area contributed by atoms with Crippen molar-refractivity contribution < 1.29 is 38.4 Å². The third kappa shape index (κ3) is 5.85. The van der Waals surface area contributed by atoms with Crippen molar-refractivity contribution in [2.75, 3.05) is 33.3 Å². The predicted molar refractivity (Wildman–Crippen MR) is 146 cm³/mol. The molecule has 1 aliphatic heterocycles. The summed E-state index contributed by atoms with van der Waals surface area (Å²) in [6.07, 6.45) is -2.90. The molecule has 4 rings (SSSR count). The first-order chi connectivity index (χ1) is 18.7. The number of rotatable bonds is 9. The highest BCUT2D eigenvalue weighted by Crippen LogP contribution is 2.47. The van der Waals surface area contributed by atoms with Gasteiger partial charge in [0.15, 0.2) is 11.5 Å². The number of amides is 1. The smallest absolute Gasteiger partial charge is 0.306 e. The van der Waals surface area contributed by atoms with Gasteiger partial charge in [0.1, 0.15) is 23.7 Å². The van der Waals surface area contributed by atoms with E-state index in [1.54, 1.807) is 55.6 Å². The Bertz CT molecular complexity index is 1400. The highest BCUT2D eigenvalue weighted by molar-refractivity contribution is 6.31. The third-order valence-electron chi connectivity index (χ3n) is 6.34. The molecule has 39 heavy (non-hydrogen) atoms. The largest absolute Gasteiger partial charge is 0.497 e. The van der Waals surface area contributed by atoms with Crippen LogP contribution in [0.25, 0.3) is 0 Å². The van der Waals surface area contributed by atoms with E-state index in [1.165, 1.54) is 26.2 Å². The first-order valence-electron chi connectivity index (χ1n) is 11.8. The molecule has 1 aliphatic rings. The molecule has 3 aromatic carbocycles. The van der Waals surface area contributed by atoms with E-state index >= 15 is 0 Å². The predicted octanol–water partition coefficient (Wildman–Crippen LogP) is 5.52. The summed E-state index contributed by atoms with van der Waals surface area (Å²) in [4.78, 5) is 27.2. The Labute approximate surface area is 235 Å². The first kappa shape index (κ1) is 28.4. The number of anilines is 1. The van der Waals surface area contributed by atoms with Crippen molar-refractivity contribution in [1.29, 1.82) is 0 Å². The van der Waals surface area contributed by atoms with Crippen LogP contribution in [0.4, 0.5) is 5.69 Å². The second kappa shape index (κ2) is 12.0. The number of aliphatic carboxylic acids is 1. The molecule has 9 nitrogen and oxygen atoms in total. The van der Waals surface area contributed by atoms with Gasteiger partial charge in [0.25, 0.3) is 5.91 Å². The number of hydrogen-bond acceptors (Lipinski definition) is 7. The number of halogens is 2. The number of methoxy groups -OCH3 is 4. The lowest BCUT2D eigenvalue weighted by Gasteiger charge is -2.26. The van der Waals surface area contributed by atoms with Crippen LogP contribution in [-0.4, -0.2) is 51.5 Å². The Morgan fingerprint density at radius 3 is 2.26 bits per heavy atom. The number of carbonyl (C=O) groups excluding carboxylic acids is 1. The molecule has 3 aromatic rings. The van der Waals surface area contributed by atoms with Crippen molar-refractivity contribution in [2.45, 2.75) is 25.2 Å². The molecule has 11 heteroatoms. The Kier molecular flexibility index (Phi) is 8.74. The molecule has 0 unspecified atom stereocenters. The Hall–Kier alpha value is -3.66. The van der Waals surface area contributed by atoms with E-state index < -0.39 is 30.5 Å². The number of carboxylic acid groups (broad SMARTS) is 1. The van der Waals surface area contributed by atoms with E-state index in [9.17, 15) is 14.7 Å². The van der Waals surface area contributed by atoms with Crippen molar-refractivity contribution in [3.05, 3.63) is 75.3 Å². The molecular formula is C28H27Cl2NO8. The minimum atomic E-state index is -1.35. The van der Waals surface area contributed by atoms with Gasteiger partial charge in [-0.1, -0.05) is 23.2 Å².